The van der Waals surface area contributed by atoms with E-state index in [-0.39, 0.29) is 25.0 Å². The van der Waals surface area contributed by atoms with Gasteiger partial charge in [0, 0.05) is 39.9 Å². The Kier molecular flexibility index (Phi) is 8.12. The number of hydrogen-bond donors (Lipinski definition) is 2. The fourth-order valence-electron chi connectivity index (χ4n) is 4.01. The number of rotatable bonds is 9. The summed E-state index contributed by atoms with van der Waals surface area (Å²) in [5, 5.41) is 7.94. The van der Waals surface area contributed by atoms with Crippen molar-refractivity contribution in [2.45, 2.75) is 11.1 Å². The minimum Gasteiger partial charge on any atom is -0.484 e. The van der Waals surface area contributed by atoms with Crippen molar-refractivity contribution in [3.05, 3.63) is 96.2 Å². The topological polar surface area (TPSA) is 84.7 Å². The van der Waals surface area contributed by atoms with Crippen molar-refractivity contribution >= 4 is 58.1 Å². The van der Waals surface area contributed by atoms with Crippen LogP contribution in [0.5, 0.6) is 5.75 Å². The Hall–Kier alpha value is -3.69. The van der Waals surface area contributed by atoms with Crippen LogP contribution in [0.4, 0.5) is 5.69 Å². The first-order valence-electron chi connectivity index (χ1n) is 11.9. The normalized spacial score (nSPS) is 13.7. The lowest BCUT2D eigenvalue weighted by atomic mass is 10.2. The number of para-hydroxylation sites is 2. The van der Waals surface area contributed by atoms with Crippen molar-refractivity contribution in [2.24, 2.45) is 5.10 Å². The van der Waals surface area contributed by atoms with E-state index in [0.717, 1.165) is 22.2 Å². The number of thioether (sulfide) groups is 2. The van der Waals surface area contributed by atoms with Gasteiger partial charge in [-0.1, -0.05) is 48.5 Å². The number of aromatic nitrogens is 1. The summed E-state index contributed by atoms with van der Waals surface area (Å²) < 4.78 is 7.96. The molecule has 1 fully saturated rings. The molecule has 0 saturated carbocycles. The molecule has 3 aromatic carbocycles. The van der Waals surface area contributed by atoms with Crippen molar-refractivity contribution in [1.29, 1.82) is 0 Å². The fourth-order valence-corrected chi connectivity index (χ4v) is 6.87. The number of benzene rings is 3. The molecule has 2 heterocycles. The second-order valence-corrected chi connectivity index (χ2v) is 11.1. The molecule has 2 amide bonds. The van der Waals surface area contributed by atoms with E-state index in [9.17, 15) is 9.59 Å². The molecule has 1 saturated heterocycles. The van der Waals surface area contributed by atoms with Crippen molar-refractivity contribution in [3.8, 4) is 5.75 Å². The second-order valence-electron chi connectivity index (χ2n) is 8.37. The molecular weight excluding hydrogens is 504 g/mol. The van der Waals surface area contributed by atoms with Crippen LogP contribution in [-0.2, 0) is 16.1 Å². The maximum atomic E-state index is 12.6. The van der Waals surface area contributed by atoms with Crippen molar-refractivity contribution in [2.75, 3.05) is 23.4 Å². The Bertz CT molecular complexity index is 1400. The zero-order valence-electron chi connectivity index (χ0n) is 20.0. The van der Waals surface area contributed by atoms with E-state index in [1.807, 2.05) is 101 Å². The number of fused-ring (bicyclic) bond motifs is 1. The zero-order chi connectivity index (χ0) is 25.5. The van der Waals surface area contributed by atoms with Gasteiger partial charge in [-0.3, -0.25) is 9.59 Å². The van der Waals surface area contributed by atoms with Gasteiger partial charge in [0.1, 0.15) is 12.3 Å². The minimum atomic E-state index is -0.354. The first kappa shape index (κ1) is 25.0. The lowest BCUT2D eigenvalue weighted by Crippen LogP contribution is -2.24. The predicted molar refractivity (Wildman–Crippen MR) is 152 cm³/mol. The van der Waals surface area contributed by atoms with E-state index in [1.54, 1.807) is 6.21 Å². The van der Waals surface area contributed by atoms with Crippen LogP contribution in [0.25, 0.3) is 10.9 Å². The molecular formula is C28H26N4O3S2. The van der Waals surface area contributed by atoms with Gasteiger partial charge in [-0.25, -0.2) is 5.43 Å². The van der Waals surface area contributed by atoms with Gasteiger partial charge in [-0.2, -0.15) is 5.10 Å². The molecule has 188 valence electrons. The molecule has 0 atom stereocenters. The molecule has 7 nitrogen and oxygen atoms in total. The monoisotopic (exact) mass is 530 g/mol. The number of hydrogen-bond acceptors (Lipinski definition) is 6. The van der Waals surface area contributed by atoms with Gasteiger partial charge in [0.2, 0.25) is 5.91 Å². The molecule has 1 aliphatic heterocycles. The molecule has 4 aromatic rings. The quantitative estimate of drug-likeness (QED) is 0.227. The average Bonchev–Trinajstić information content (AvgIpc) is 3.58. The summed E-state index contributed by atoms with van der Waals surface area (Å²) in [6.07, 6.45) is 3.43. The van der Waals surface area contributed by atoms with Crippen LogP contribution in [-0.4, -0.2) is 40.7 Å². The summed E-state index contributed by atoms with van der Waals surface area (Å²) in [7, 11) is 0. The SMILES string of the molecule is O=C(COc1ccc(C2SCCS2)cc1)N/N=C\c1cn(CC(=O)Nc2ccccc2)c2ccccc12. The molecule has 0 unspecified atom stereocenters. The highest BCUT2D eigenvalue weighted by Crippen LogP contribution is 2.45. The van der Waals surface area contributed by atoms with Crippen LogP contribution in [0.2, 0.25) is 0 Å². The van der Waals surface area contributed by atoms with E-state index in [4.69, 9.17) is 4.74 Å². The van der Waals surface area contributed by atoms with E-state index >= 15 is 0 Å². The number of anilines is 1. The standard InChI is InChI=1S/C28H26N4O3S2/c33-26(30-22-6-2-1-3-7-22)18-32-17-21(24-8-4-5-9-25(24)32)16-29-31-27(34)19-35-23-12-10-20(11-13-23)28-36-14-15-37-28/h1-13,16-17,28H,14-15,18-19H2,(H,30,33)(H,31,34)/b29-16-. The summed E-state index contributed by atoms with van der Waals surface area (Å²) in [5.74, 6) is 2.52. The summed E-state index contributed by atoms with van der Waals surface area (Å²) in [5.41, 5.74) is 6.23. The molecule has 0 aliphatic carbocycles. The third kappa shape index (κ3) is 6.55. The fraction of sp³-hybridized carbons (Fsp3) is 0.179. The van der Waals surface area contributed by atoms with Gasteiger partial charge in [0.05, 0.1) is 10.8 Å². The average molecular weight is 531 g/mol. The van der Waals surface area contributed by atoms with Crippen LogP contribution in [0, 0.1) is 0 Å². The highest BCUT2D eigenvalue weighted by molar-refractivity contribution is 8.19. The van der Waals surface area contributed by atoms with Crippen molar-refractivity contribution in [3.63, 3.8) is 0 Å². The summed E-state index contributed by atoms with van der Waals surface area (Å²) in [6.45, 7) is 0.0192. The number of hydrazone groups is 1. The number of ether oxygens (including phenoxy) is 1. The van der Waals surface area contributed by atoms with Gasteiger partial charge >= 0.3 is 0 Å². The highest BCUT2D eigenvalue weighted by atomic mass is 32.2. The number of carbonyl (C=O) groups is 2. The van der Waals surface area contributed by atoms with E-state index in [1.165, 1.54) is 17.1 Å². The third-order valence-electron chi connectivity index (χ3n) is 5.73. The summed E-state index contributed by atoms with van der Waals surface area (Å²) in [6, 6.07) is 25.0. The van der Waals surface area contributed by atoms with Crippen LogP contribution in [0.3, 0.4) is 0 Å². The van der Waals surface area contributed by atoms with Crippen LogP contribution in [0.15, 0.2) is 90.2 Å². The van der Waals surface area contributed by atoms with Gasteiger partial charge < -0.3 is 14.6 Å². The number of carbonyl (C=O) groups excluding carboxylic acids is 2. The Morgan fingerprint density at radius 2 is 1.68 bits per heavy atom. The summed E-state index contributed by atoms with van der Waals surface area (Å²) >= 11 is 3.91. The molecule has 9 heteroatoms. The van der Waals surface area contributed by atoms with Crippen LogP contribution >= 0.6 is 23.5 Å². The summed E-state index contributed by atoms with van der Waals surface area (Å²) in [4.78, 5) is 24.8. The maximum absolute atomic E-state index is 12.6. The minimum absolute atomic E-state index is 0.130. The first-order chi connectivity index (χ1) is 18.2. The Labute approximate surface area is 223 Å². The van der Waals surface area contributed by atoms with Crippen LogP contribution < -0.4 is 15.5 Å². The van der Waals surface area contributed by atoms with Gasteiger partial charge in [0.15, 0.2) is 6.61 Å². The first-order valence-corrected chi connectivity index (χ1v) is 14.0. The van der Waals surface area contributed by atoms with Crippen LogP contribution in [0.1, 0.15) is 15.7 Å². The largest absolute Gasteiger partial charge is 0.484 e. The van der Waals surface area contributed by atoms with Gasteiger partial charge in [-0.05, 0) is 35.9 Å². The maximum Gasteiger partial charge on any atom is 0.277 e. The predicted octanol–water partition coefficient (Wildman–Crippen LogP) is 5.29. The Balaban J connectivity index is 1.16. The highest BCUT2D eigenvalue weighted by Gasteiger charge is 2.18. The number of nitrogens with zero attached hydrogens (tertiary/aromatic N) is 2. The molecule has 1 aliphatic rings. The van der Waals surface area contributed by atoms with Crippen molar-refractivity contribution in [1.82, 2.24) is 9.99 Å². The van der Waals surface area contributed by atoms with E-state index in [0.29, 0.717) is 10.3 Å². The second kappa shape index (κ2) is 12.0. The number of nitrogens with one attached hydrogen (secondary N) is 2. The van der Waals surface area contributed by atoms with Gasteiger partial charge in [0.25, 0.3) is 5.91 Å². The smallest absolute Gasteiger partial charge is 0.277 e. The zero-order valence-corrected chi connectivity index (χ0v) is 21.6. The Morgan fingerprint density at radius 1 is 0.946 bits per heavy atom. The van der Waals surface area contributed by atoms with Crippen molar-refractivity contribution < 1.29 is 14.3 Å². The van der Waals surface area contributed by atoms with E-state index < -0.39 is 0 Å². The van der Waals surface area contributed by atoms with E-state index in [2.05, 4.69) is 28.0 Å². The molecule has 2 N–H and O–H groups in total. The molecule has 5 rings (SSSR count). The number of amides is 2. The molecule has 0 bridgehead atoms. The Morgan fingerprint density at radius 3 is 2.46 bits per heavy atom. The molecule has 37 heavy (non-hydrogen) atoms. The molecule has 0 radical (unpaired) electrons. The lowest BCUT2D eigenvalue weighted by Gasteiger charge is -2.10. The molecule has 1 aromatic heterocycles. The molecule has 0 spiro atoms. The van der Waals surface area contributed by atoms with Gasteiger partial charge in [-0.15, -0.1) is 23.5 Å². The third-order valence-corrected chi connectivity index (χ3v) is 8.83. The lowest BCUT2D eigenvalue weighted by molar-refractivity contribution is -0.123.